The molecule has 2 unspecified atom stereocenters. The Morgan fingerprint density at radius 2 is 1.95 bits per heavy atom. The van der Waals surface area contributed by atoms with Crippen molar-refractivity contribution in [1.29, 1.82) is 0 Å². The lowest BCUT2D eigenvalue weighted by molar-refractivity contribution is 0.304. The van der Waals surface area contributed by atoms with Crippen LogP contribution in [0.1, 0.15) is 11.3 Å². The van der Waals surface area contributed by atoms with Gasteiger partial charge in [0.2, 0.25) is 0 Å². The zero-order chi connectivity index (χ0) is 12.8. The highest BCUT2D eigenvalue weighted by Crippen LogP contribution is 2.31. The molecule has 0 bridgehead atoms. The van der Waals surface area contributed by atoms with Gasteiger partial charge < -0.3 is 9.73 Å². The van der Waals surface area contributed by atoms with E-state index < -0.39 is 0 Å². The Kier molecular flexibility index (Phi) is 2.64. The van der Waals surface area contributed by atoms with Crippen LogP contribution in [0.5, 0.6) is 0 Å². The van der Waals surface area contributed by atoms with E-state index in [9.17, 15) is 0 Å². The molecule has 100 valence electrons. The van der Waals surface area contributed by atoms with E-state index in [1.165, 1.54) is 37.1 Å². The molecule has 1 aromatic carbocycles. The number of aryl methyl sites for hydroxylation is 1. The Bertz CT molecular complexity index is 592. The number of fused-ring (bicyclic) bond motifs is 2. The van der Waals surface area contributed by atoms with E-state index in [2.05, 4.69) is 35.3 Å². The summed E-state index contributed by atoms with van der Waals surface area (Å²) < 4.78 is 5.86. The summed E-state index contributed by atoms with van der Waals surface area (Å²) in [4.78, 5) is 2.60. The predicted octanol–water partition coefficient (Wildman–Crippen LogP) is 2.39. The molecule has 1 N–H and O–H groups in total. The monoisotopic (exact) mass is 256 g/mol. The summed E-state index contributed by atoms with van der Waals surface area (Å²) in [6.45, 7) is 8.00. The molecule has 1 aromatic heterocycles. The Hall–Kier alpha value is -1.32. The SMILES string of the molecule is Cc1oc2ccccc2c1CN1CC2CNCC2C1. The molecule has 3 heterocycles. The van der Waals surface area contributed by atoms with E-state index in [1.54, 1.807) is 0 Å². The highest BCUT2D eigenvalue weighted by Gasteiger charge is 2.36. The summed E-state index contributed by atoms with van der Waals surface area (Å²) in [5, 5.41) is 4.79. The van der Waals surface area contributed by atoms with Crippen molar-refractivity contribution < 1.29 is 4.42 Å². The summed E-state index contributed by atoms with van der Waals surface area (Å²) in [6.07, 6.45) is 0. The van der Waals surface area contributed by atoms with E-state index in [4.69, 9.17) is 4.42 Å². The average molecular weight is 256 g/mol. The van der Waals surface area contributed by atoms with E-state index >= 15 is 0 Å². The number of nitrogens with zero attached hydrogens (tertiary/aromatic N) is 1. The molecule has 2 aliphatic rings. The topological polar surface area (TPSA) is 28.4 Å². The Balaban J connectivity index is 1.60. The van der Waals surface area contributed by atoms with Crippen molar-refractivity contribution in [1.82, 2.24) is 10.2 Å². The second kappa shape index (κ2) is 4.36. The number of para-hydroxylation sites is 1. The van der Waals surface area contributed by atoms with Gasteiger partial charge in [0.25, 0.3) is 0 Å². The minimum absolute atomic E-state index is 0.860. The summed E-state index contributed by atoms with van der Waals surface area (Å²) in [5.41, 5.74) is 2.40. The van der Waals surface area contributed by atoms with Crippen molar-refractivity contribution in [2.75, 3.05) is 26.2 Å². The first-order valence-electron chi connectivity index (χ1n) is 7.21. The van der Waals surface area contributed by atoms with E-state index in [-0.39, 0.29) is 0 Å². The average Bonchev–Trinajstić information content (AvgIpc) is 3.04. The third kappa shape index (κ3) is 1.88. The first-order chi connectivity index (χ1) is 9.31. The van der Waals surface area contributed by atoms with Crippen LogP contribution in [0.25, 0.3) is 11.0 Å². The molecule has 4 rings (SSSR count). The second-order valence-electron chi connectivity index (χ2n) is 6.01. The molecular formula is C16H20N2O. The van der Waals surface area contributed by atoms with Crippen molar-refractivity contribution in [3.8, 4) is 0 Å². The van der Waals surface area contributed by atoms with Gasteiger partial charge in [0.1, 0.15) is 11.3 Å². The lowest BCUT2D eigenvalue weighted by Crippen LogP contribution is -2.25. The molecule has 2 fully saturated rings. The Labute approximate surface area is 113 Å². The summed E-state index contributed by atoms with van der Waals surface area (Å²) in [6, 6.07) is 8.39. The Morgan fingerprint density at radius 1 is 1.21 bits per heavy atom. The van der Waals surface area contributed by atoms with E-state index in [1.807, 2.05) is 6.07 Å². The maximum atomic E-state index is 5.86. The van der Waals surface area contributed by atoms with Crippen molar-refractivity contribution in [2.45, 2.75) is 13.5 Å². The number of hydrogen-bond donors (Lipinski definition) is 1. The van der Waals surface area contributed by atoms with E-state index in [0.717, 1.165) is 29.7 Å². The highest BCUT2D eigenvalue weighted by atomic mass is 16.3. The number of nitrogens with one attached hydrogen (secondary N) is 1. The molecule has 3 heteroatoms. The van der Waals surface area contributed by atoms with Crippen molar-refractivity contribution in [3.63, 3.8) is 0 Å². The third-order valence-corrected chi connectivity index (χ3v) is 4.75. The van der Waals surface area contributed by atoms with Gasteiger partial charge in [-0.05, 0) is 37.9 Å². The van der Waals surface area contributed by atoms with Gasteiger partial charge in [0.05, 0.1) is 0 Å². The molecule has 19 heavy (non-hydrogen) atoms. The quantitative estimate of drug-likeness (QED) is 0.894. The lowest BCUT2D eigenvalue weighted by Gasteiger charge is -2.16. The smallest absolute Gasteiger partial charge is 0.134 e. The Morgan fingerprint density at radius 3 is 2.74 bits per heavy atom. The standard InChI is InChI=1S/C16H20N2O/c1-11-15(14-4-2-3-5-16(14)19-11)10-18-8-12-6-17-7-13(12)9-18/h2-5,12-13,17H,6-10H2,1H3. The van der Waals surface area contributed by atoms with Gasteiger partial charge in [-0.2, -0.15) is 0 Å². The summed E-state index contributed by atoms with van der Waals surface area (Å²) >= 11 is 0. The number of benzene rings is 1. The van der Waals surface area contributed by atoms with Crippen molar-refractivity contribution >= 4 is 11.0 Å². The van der Waals surface area contributed by atoms with E-state index in [0.29, 0.717) is 0 Å². The molecule has 0 radical (unpaired) electrons. The molecule has 2 aliphatic heterocycles. The highest BCUT2D eigenvalue weighted by molar-refractivity contribution is 5.82. The lowest BCUT2D eigenvalue weighted by atomic mass is 10.0. The normalized spacial score (nSPS) is 27.2. The number of hydrogen-bond acceptors (Lipinski definition) is 3. The van der Waals surface area contributed by atoms with Gasteiger partial charge in [0, 0.05) is 30.6 Å². The predicted molar refractivity (Wildman–Crippen MR) is 76.1 cm³/mol. The first kappa shape index (κ1) is 11.5. The molecule has 0 saturated carbocycles. The van der Waals surface area contributed by atoms with Crippen molar-refractivity contribution in [3.05, 3.63) is 35.6 Å². The van der Waals surface area contributed by atoms with Gasteiger partial charge >= 0.3 is 0 Å². The molecule has 2 atom stereocenters. The fraction of sp³-hybridized carbons (Fsp3) is 0.500. The van der Waals surface area contributed by atoms with Crippen LogP contribution in [0.2, 0.25) is 0 Å². The molecule has 0 aliphatic carbocycles. The van der Waals surface area contributed by atoms with Crippen LogP contribution in [-0.4, -0.2) is 31.1 Å². The van der Waals surface area contributed by atoms with Gasteiger partial charge in [-0.25, -0.2) is 0 Å². The van der Waals surface area contributed by atoms with Crippen LogP contribution < -0.4 is 5.32 Å². The second-order valence-corrected chi connectivity index (χ2v) is 6.01. The first-order valence-corrected chi connectivity index (χ1v) is 7.21. The maximum Gasteiger partial charge on any atom is 0.134 e. The van der Waals surface area contributed by atoms with Crippen LogP contribution >= 0.6 is 0 Å². The van der Waals surface area contributed by atoms with Crippen LogP contribution in [0.4, 0.5) is 0 Å². The van der Waals surface area contributed by atoms with Gasteiger partial charge in [-0.3, -0.25) is 4.90 Å². The zero-order valence-corrected chi connectivity index (χ0v) is 11.4. The third-order valence-electron chi connectivity index (χ3n) is 4.75. The number of furan rings is 1. The maximum absolute atomic E-state index is 5.86. The minimum atomic E-state index is 0.860. The molecular weight excluding hydrogens is 236 g/mol. The van der Waals surface area contributed by atoms with Crippen LogP contribution in [0.3, 0.4) is 0 Å². The van der Waals surface area contributed by atoms with Crippen LogP contribution in [0, 0.1) is 18.8 Å². The van der Waals surface area contributed by atoms with Gasteiger partial charge in [0.15, 0.2) is 0 Å². The molecule has 3 nitrogen and oxygen atoms in total. The molecule has 0 spiro atoms. The molecule has 2 saturated heterocycles. The van der Waals surface area contributed by atoms with Gasteiger partial charge in [-0.1, -0.05) is 18.2 Å². The largest absolute Gasteiger partial charge is 0.461 e. The summed E-state index contributed by atoms with van der Waals surface area (Å²) in [7, 11) is 0. The minimum Gasteiger partial charge on any atom is -0.461 e. The fourth-order valence-electron chi connectivity index (χ4n) is 3.72. The van der Waals surface area contributed by atoms with Gasteiger partial charge in [-0.15, -0.1) is 0 Å². The molecule has 2 aromatic rings. The number of rotatable bonds is 2. The summed E-state index contributed by atoms with van der Waals surface area (Å²) in [5.74, 6) is 2.80. The number of likely N-dealkylation sites (tertiary alicyclic amines) is 1. The van der Waals surface area contributed by atoms with Crippen LogP contribution in [-0.2, 0) is 6.54 Å². The zero-order valence-electron chi connectivity index (χ0n) is 11.4. The fourth-order valence-corrected chi connectivity index (χ4v) is 3.72. The van der Waals surface area contributed by atoms with Crippen LogP contribution in [0.15, 0.2) is 28.7 Å². The van der Waals surface area contributed by atoms with Crippen molar-refractivity contribution in [2.24, 2.45) is 11.8 Å². The molecule has 0 amide bonds.